The normalized spacial score (nSPS) is 17.8. The van der Waals surface area contributed by atoms with E-state index in [2.05, 4.69) is 10.6 Å². The van der Waals surface area contributed by atoms with E-state index >= 15 is 0 Å². The Kier molecular flexibility index (Phi) is 8.76. The number of hydrogen-bond donors (Lipinski definition) is 2. The first-order valence-electron chi connectivity index (χ1n) is 7.59. The van der Waals surface area contributed by atoms with Crippen LogP contribution < -0.4 is 10.6 Å². The van der Waals surface area contributed by atoms with Crippen molar-refractivity contribution in [2.75, 3.05) is 32.5 Å². The Hall–Kier alpha value is -0.950. The van der Waals surface area contributed by atoms with Crippen molar-refractivity contribution in [3.05, 3.63) is 35.9 Å². The molecule has 1 aromatic carbocycles. The zero-order chi connectivity index (χ0) is 15.8. The smallest absolute Gasteiger partial charge is 0.252 e. The van der Waals surface area contributed by atoms with Gasteiger partial charge in [0.25, 0.3) is 5.91 Å². The quantitative estimate of drug-likeness (QED) is 0.767. The Morgan fingerprint density at radius 3 is 2.57 bits per heavy atom. The topological polar surface area (TPSA) is 67.4 Å². The van der Waals surface area contributed by atoms with E-state index in [1.807, 2.05) is 30.3 Å². The second-order valence-corrected chi connectivity index (χ2v) is 7.05. The summed E-state index contributed by atoms with van der Waals surface area (Å²) in [6.07, 6.45) is 1.34. The molecule has 1 fully saturated rings. The summed E-state index contributed by atoms with van der Waals surface area (Å²) in [6, 6.07) is 9.74. The van der Waals surface area contributed by atoms with Gasteiger partial charge in [0.1, 0.15) is 5.60 Å². The Morgan fingerprint density at radius 1 is 1.30 bits per heavy atom. The summed E-state index contributed by atoms with van der Waals surface area (Å²) >= 11 is 0. The van der Waals surface area contributed by atoms with E-state index in [1.165, 1.54) is 0 Å². The number of piperidine rings is 1. The predicted molar refractivity (Wildman–Crippen MR) is 95.3 cm³/mol. The van der Waals surface area contributed by atoms with E-state index in [-0.39, 0.29) is 18.3 Å². The molecule has 7 heteroatoms. The van der Waals surface area contributed by atoms with E-state index in [4.69, 9.17) is 4.74 Å². The van der Waals surface area contributed by atoms with Crippen molar-refractivity contribution in [3.8, 4) is 0 Å². The summed E-state index contributed by atoms with van der Waals surface area (Å²) in [5.41, 5.74) is 0.325. The van der Waals surface area contributed by atoms with Crippen molar-refractivity contribution in [2.45, 2.75) is 24.2 Å². The maximum Gasteiger partial charge on any atom is 0.252 e. The van der Waals surface area contributed by atoms with Crippen LogP contribution in [0.15, 0.2) is 30.3 Å². The van der Waals surface area contributed by atoms with Gasteiger partial charge in [0.15, 0.2) is 0 Å². The molecule has 0 radical (unpaired) electrons. The highest BCUT2D eigenvalue weighted by atomic mass is 35.5. The van der Waals surface area contributed by atoms with Crippen molar-refractivity contribution >= 4 is 29.1 Å². The van der Waals surface area contributed by atoms with Crippen LogP contribution in [0, 0.1) is 0 Å². The Labute approximate surface area is 146 Å². The van der Waals surface area contributed by atoms with Crippen molar-refractivity contribution in [3.63, 3.8) is 0 Å². The average Bonchev–Trinajstić information content (AvgIpc) is 2.56. The van der Waals surface area contributed by atoms with Crippen LogP contribution in [0.1, 0.15) is 18.4 Å². The highest BCUT2D eigenvalue weighted by Crippen LogP contribution is 2.22. The van der Waals surface area contributed by atoms with E-state index in [9.17, 15) is 9.00 Å². The van der Waals surface area contributed by atoms with Crippen LogP contribution in [-0.2, 0) is 26.1 Å². The van der Waals surface area contributed by atoms with Gasteiger partial charge in [-0.05, 0) is 31.5 Å². The Bertz CT molecular complexity index is 507. The van der Waals surface area contributed by atoms with Gasteiger partial charge in [-0.15, -0.1) is 12.4 Å². The minimum Gasteiger partial charge on any atom is -0.368 e. The number of nitrogens with one attached hydrogen (secondary N) is 2. The molecule has 0 bridgehead atoms. The molecule has 0 aromatic heterocycles. The summed E-state index contributed by atoms with van der Waals surface area (Å²) < 4.78 is 17.5. The molecule has 0 spiro atoms. The van der Waals surface area contributed by atoms with Gasteiger partial charge < -0.3 is 15.4 Å². The van der Waals surface area contributed by atoms with Gasteiger partial charge in [-0.1, -0.05) is 30.3 Å². The summed E-state index contributed by atoms with van der Waals surface area (Å²) in [4.78, 5) is 12.3. The highest BCUT2D eigenvalue weighted by Gasteiger charge is 2.39. The fourth-order valence-corrected chi connectivity index (χ4v) is 3.66. The number of ether oxygens (including phenoxy) is 1. The van der Waals surface area contributed by atoms with E-state index in [0.717, 1.165) is 18.7 Å². The molecule has 1 aliphatic rings. The molecule has 1 heterocycles. The third-order valence-electron chi connectivity index (χ3n) is 4.00. The minimum atomic E-state index is -0.976. The molecule has 2 N–H and O–H groups in total. The van der Waals surface area contributed by atoms with Gasteiger partial charge in [0.05, 0.1) is 0 Å². The molecule has 1 aliphatic heterocycles. The molecule has 1 amide bonds. The fraction of sp³-hybridized carbons (Fsp3) is 0.562. The highest BCUT2D eigenvalue weighted by molar-refractivity contribution is 7.84. The zero-order valence-electron chi connectivity index (χ0n) is 13.4. The van der Waals surface area contributed by atoms with Crippen LogP contribution in [0.3, 0.4) is 0 Å². The lowest BCUT2D eigenvalue weighted by atomic mass is 9.91. The molecular weight excluding hydrogens is 336 g/mol. The number of amides is 1. The Morgan fingerprint density at radius 2 is 1.96 bits per heavy atom. The van der Waals surface area contributed by atoms with Crippen molar-refractivity contribution < 1.29 is 13.7 Å². The Balaban J connectivity index is 0.00000264. The van der Waals surface area contributed by atoms with Crippen LogP contribution in [0.4, 0.5) is 0 Å². The lowest BCUT2D eigenvalue weighted by Gasteiger charge is -2.34. The molecule has 130 valence electrons. The van der Waals surface area contributed by atoms with Gasteiger partial charge in [-0.25, -0.2) is 0 Å². The average molecular weight is 361 g/mol. The summed E-state index contributed by atoms with van der Waals surface area (Å²) in [5, 5.41) is 6.10. The summed E-state index contributed by atoms with van der Waals surface area (Å²) in [7, 11) is 0.606. The van der Waals surface area contributed by atoms with Gasteiger partial charge in [-0.3, -0.25) is 9.00 Å². The molecule has 2 rings (SSSR count). The number of carbonyl (C=O) groups is 1. The van der Waals surface area contributed by atoms with Crippen LogP contribution in [0.2, 0.25) is 0 Å². The van der Waals surface area contributed by atoms with Crippen LogP contribution in [0.5, 0.6) is 0 Å². The number of rotatable bonds is 7. The van der Waals surface area contributed by atoms with Crippen LogP contribution >= 0.6 is 12.4 Å². The second-order valence-electron chi connectivity index (χ2n) is 5.48. The SMILES string of the molecule is COC1(C(=O)NCCS(=O)Cc2ccccc2)CCNCC1.Cl. The standard InChI is InChI=1S/C16H24N2O3S.ClH/c1-21-16(7-9-17-10-8-16)15(19)18-11-12-22(20)13-14-5-3-2-4-6-14;/h2-6,17H,7-13H2,1H3,(H,18,19);1H. The monoisotopic (exact) mass is 360 g/mol. The lowest BCUT2D eigenvalue weighted by molar-refractivity contribution is -0.146. The molecule has 23 heavy (non-hydrogen) atoms. The number of benzene rings is 1. The van der Waals surface area contributed by atoms with Crippen molar-refractivity contribution in [1.82, 2.24) is 10.6 Å². The van der Waals surface area contributed by atoms with Crippen LogP contribution in [-0.4, -0.2) is 48.2 Å². The molecule has 1 saturated heterocycles. The molecule has 1 aromatic rings. The molecular formula is C16H25ClN2O3S. The summed E-state index contributed by atoms with van der Waals surface area (Å²) in [5.74, 6) is 0.891. The number of halogens is 1. The van der Waals surface area contributed by atoms with Crippen molar-refractivity contribution in [1.29, 1.82) is 0 Å². The van der Waals surface area contributed by atoms with Crippen molar-refractivity contribution in [2.24, 2.45) is 0 Å². The zero-order valence-corrected chi connectivity index (χ0v) is 15.0. The first-order valence-corrected chi connectivity index (χ1v) is 9.08. The first-order chi connectivity index (χ1) is 10.7. The van der Waals surface area contributed by atoms with Gasteiger partial charge >= 0.3 is 0 Å². The number of methoxy groups -OCH3 is 1. The molecule has 0 aliphatic carbocycles. The lowest BCUT2D eigenvalue weighted by Crippen LogP contribution is -2.54. The van der Waals surface area contributed by atoms with Crippen LogP contribution in [0.25, 0.3) is 0 Å². The molecule has 5 nitrogen and oxygen atoms in total. The van der Waals surface area contributed by atoms with E-state index in [0.29, 0.717) is 30.9 Å². The fourth-order valence-electron chi connectivity index (χ4n) is 2.63. The van der Waals surface area contributed by atoms with E-state index < -0.39 is 16.4 Å². The summed E-state index contributed by atoms with van der Waals surface area (Å²) in [6.45, 7) is 1.97. The molecule has 1 atom stereocenters. The number of carbonyl (C=O) groups excluding carboxylic acids is 1. The second kappa shape index (κ2) is 10.0. The van der Waals surface area contributed by atoms with Gasteiger partial charge in [0.2, 0.25) is 0 Å². The largest absolute Gasteiger partial charge is 0.368 e. The van der Waals surface area contributed by atoms with Gasteiger partial charge in [-0.2, -0.15) is 0 Å². The molecule has 1 unspecified atom stereocenters. The minimum absolute atomic E-state index is 0. The predicted octanol–water partition coefficient (Wildman–Crippen LogP) is 1.24. The maximum absolute atomic E-state index is 12.3. The maximum atomic E-state index is 12.3. The number of hydrogen-bond acceptors (Lipinski definition) is 4. The van der Waals surface area contributed by atoms with Gasteiger partial charge in [0, 0.05) is 36.0 Å². The first kappa shape index (κ1) is 20.1. The third kappa shape index (κ3) is 5.88. The van der Waals surface area contributed by atoms with E-state index in [1.54, 1.807) is 7.11 Å². The third-order valence-corrected chi connectivity index (χ3v) is 5.32. The molecule has 0 saturated carbocycles.